The SMILES string of the molecule is CCNC(COC1COC1)C1CC1. The van der Waals surface area contributed by atoms with Crippen LogP contribution in [0.3, 0.4) is 0 Å². The summed E-state index contributed by atoms with van der Waals surface area (Å²) < 4.78 is 10.8. The summed E-state index contributed by atoms with van der Waals surface area (Å²) in [5, 5.41) is 3.48. The van der Waals surface area contributed by atoms with E-state index >= 15 is 0 Å². The molecule has 13 heavy (non-hydrogen) atoms. The van der Waals surface area contributed by atoms with Crippen molar-refractivity contribution in [1.29, 1.82) is 0 Å². The van der Waals surface area contributed by atoms with Gasteiger partial charge in [0.1, 0.15) is 6.10 Å². The van der Waals surface area contributed by atoms with Gasteiger partial charge in [-0.25, -0.2) is 0 Å². The molecule has 0 aromatic carbocycles. The second-order valence-corrected chi connectivity index (χ2v) is 3.99. The molecule has 1 atom stereocenters. The number of hydrogen-bond acceptors (Lipinski definition) is 3. The number of rotatable bonds is 6. The first-order valence-electron chi connectivity index (χ1n) is 5.33. The molecule has 1 heterocycles. The summed E-state index contributed by atoms with van der Waals surface area (Å²) in [5.74, 6) is 0.876. The predicted molar refractivity (Wildman–Crippen MR) is 50.7 cm³/mol. The molecular weight excluding hydrogens is 166 g/mol. The number of hydrogen-bond donors (Lipinski definition) is 1. The Morgan fingerprint density at radius 1 is 1.46 bits per heavy atom. The lowest BCUT2D eigenvalue weighted by molar-refractivity contribution is -0.133. The van der Waals surface area contributed by atoms with Crippen LogP contribution in [0.4, 0.5) is 0 Å². The van der Waals surface area contributed by atoms with Crippen LogP contribution < -0.4 is 5.32 Å². The van der Waals surface area contributed by atoms with Crippen LogP contribution in [0.2, 0.25) is 0 Å². The van der Waals surface area contributed by atoms with Gasteiger partial charge in [0.05, 0.1) is 19.8 Å². The lowest BCUT2D eigenvalue weighted by Gasteiger charge is -2.28. The van der Waals surface area contributed by atoms with E-state index in [4.69, 9.17) is 9.47 Å². The smallest absolute Gasteiger partial charge is 0.104 e. The summed E-state index contributed by atoms with van der Waals surface area (Å²) in [6, 6.07) is 0.589. The topological polar surface area (TPSA) is 30.5 Å². The van der Waals surface area contributed by atoms with Gasteiger partial charge in [0.2, 0.25) is 0 Å². The molecule has 2 rings (SSSR count). The summed E-state index contributed by atoms with van der Waals surface area (Å²) in [6.07, 6.45) is 3.13. The fourth-order valence-corrected chi connectivity index (χ4v) is 1.67. The monoisotopic (exact) mass is 185 g/mol. The Morgan fingerprint density at radius 2 is 2.23 bits per heavy atom. The summed E-state index contributed by atoms with van der Waals surface area (Å²) in [6.45, 7) is 5.66. The zero-order chi connectivity index (χ0) is 9.10. The first-order chi connectivity index (χ1) is 6.40. The lowest BCUT2D eigenvalue weighted by Crippen LogP contribution is -2.42. The van der Waals surface area contributed by atoms with E-state index in [0.717, 1.165) is 32.3 Å². The van der Waals surface area contributed by atoms with E-state index in [1.54, 1.807) is 0 Å². The first-order valence-corrected chi connectivity index (χ1v) is 5.33. The molecule has 0 spiro atoms. The van der Waals surface area contributed by atoms with Gasteiger partial charge in [-0.2, -0.15) is 0 Å². The maximum Gasteiger partial charge on any atom is 0.104 e. The fourth-order valence-electron chi connectivity index (χ4n) is 1.67. The van der Waals surface area contributed by atoms with Crippen molar-refractivity contribution in [3.05, 3.63) is 0 Å². The highest BCUT2D eigenvalue weighted by atomic mass is 16.6. The van der Waals surface area contributed by atoms with Crippen LogP contribution in [0, 0.1) is 5.92 Å². The Balaban J connectivity index is 1.63. The van der Waals surface area contributed by atoms with Crippen LogP contribution in [0.5, 0.6) is 0 Å². The van der Waals surface area contributed by atoms with Crippen LogP contribution in [-0.4, -0.2) is 38.5 Å². The molecule has 0 aromatic heterocycles. The van der Waals surface area contributed by atoms with E-state index in [-0.39, 0.29) is 0 Å². The van der Waals surface area contributed by atoms with Crippen molar-refractivity contribution in [2.75, 3.05) is 26.4 Å². The van der Waals surface area contributed by atoms with Crippen molar-refractivity contribution in [1.82, 2.24) is 5.32 Å². The van der Waals surface area contributed by atoms with Gasteiger partial charge in [0.25, 0.3) is 0 Å². The third-order valence-corrected chi connectivity index (χ3v) is 2.78. The van der Waals surface area contributed by atoms with Gasteiger partial charge in [-0.05, 0) is 25.3 Å². The highest BCUT2D eigenvalue weighted by Crippen LogP contribution is 2.32. The summed E-state index contributed by atoms with van der Waals surface area (Å²) >= 11 is 0. The molecule has 0 bridgehead atoms. The Bertz CT molecular complexity index is 155. The van der Waals surface area contributed by atoms with E-state index in [1.807, 2.05) is 0 Å². The van der Waals surface area contributed by atoms with Crippen LogP contribution in [0.1, 0.15) is 19.8 Å². The van der Waals surface area contributed by atoms with Gasteiger partial charge in [-0.1, -0.05) is 6.92 Å². The van der Waals surface area contributed by atoms with E-state index in [9.17, 15) is 0 Å². The van der Waals surface area contributed by atoms with Crippen LogP contribution in [-0.2, 0) is 9.47 Å². The quantitative estimate of drug-likeness (QED) is 0.663. The minimum atomic E-state index is 0.375. The zero-order valence-corrected chi connectivity index (χ0v) is 8.29. The lowest BCUT2D eigenvalue weighted by atomic mass is 10.2. The third kappa shape index (κ3) is 2.66. The molecule has 1 unspecified atom stereocenters. The predicted octanol–water partition coefficient (Wildman–Crippen LogP) is 0.790. The molecule has 1 aliphatic heterocycles. The van der Waals surface area contributed by atoms with Gasteiger partial charge < -0.3 is 14.8 Å². The van der Waals surface area contributed by atoms with Crippen LogP contribution >= 0.6 is 0 Å². The highest BCUT2D eigenvalue weighted by Gasteiger charge is 2.31. The van der Waals surface area contributed by atoms with Crippen LogP contribution in [0.25, 0.3) is 0 Å². The molecule has 3 nitrogen and oxygen atoms in total. The Morgan fingerprint density at radius 3 is 2.69 bits per heavy atom. The molecule has 2 fully saturated rings. The largest absolute Gasteiger partial charge is 0.376 e. The molecule has 0 amide bonds. The van der Waals surface area contributed by atoms with Gasteiger partial charge in [-0.15, -0.1) is 0 Å². The average molecular weight is 185 g/mol. The zero-order valence-electron chi connectivity index (χ0n) is 8.29. The Labute approximate surface area is 79.8 Å². The molecule has 0 aromatic rings. The minimum Gasteiger partial charge on any atom is -0.376 e. The number of nitrogens with one attached hydrogen (secondary N) is 1. The summed E-state index contributed by atoms with van der Waals surface area (Å²) in [5.41, 5.74) is 0. The second kappa shape index (κ2) is 4.40. The molecule has 1 saturated carbocycles. The fraction of sp³-hybridized carbons (Fsp3) is 1.00. The maximum absolute atomic E-state index is 5.71. The molecule has 76 valence electrons. The highest BCUT2D eigenvalue weighted by molar-refractivity contribution is 4.86. The molecular formula is C10H19NO2. The molecule has 1 aliphatic carbocycles. The van der Waals surface area contributed by atoms with Gasteiger partial charge in [0, 0.05) is 6.04 Å². The number of ether oxygens (including phenoxy) is 2. The Hall–Kier alpha value is -0.120. The number of likely N-dealkylation sites (N-methyl/N-ethyl adjacent to an activating group) is 1. The van der Waals surface area contributed by atoms with Crippen molar-refractivity contribution < 1.29 is 9.47 Å². The van der Waals surface area contributed by atoms with Crippen LogP contribution in [0.15, 0.2) is 0 Å². The average Bonchev–Trinajstić information content (AvgIpc) is 2.82. The van der Waals surface area contributed by atoms with Crippen molar-refractivity contribution in [3.63, 3.8) is 0 Å². The summed E-state index contributed by atoms with van der Waals surface area (Å²) in [7, 11) is 0. The van der Waals surface area contributed by atoms with Crippen molar-refractivity contribution >= 4 is 0 Å². The maximum atomic E-state index is 5.71. The van der Waals surface area contributed by atoms with Crippen molar-refractivity contribution in [2.24, 2.45) is 5.92 Å². The minimum absolute atomic E-state index is 0.375. The second-order valence-electron chi connectivity index (χ2n) is 3.99. The van der Waals surface area contributed by atoms with E-state index in [0.29, 0.717) is 12.1 Å². The molecule has 1 saturated heterocycles. The summed E-state index contributed by atoms with van der Waals surface area (Å²) in [4.78, 5) is 0. The Kier molecular flexibility index (Phi) is 3.19. The van der Waals surface area contributed by atoms with Gasteiger partial charge >= 0.3 is 0 Å². The molecule has 0 radical (unpaired) electrons. The normalized spacial score (nSPS) is 25.6. The third-order valence-electron chi connectivity index (χ3n) is 2.78. The van der Waals surface area contributed by atoms with Gasteiger partial charge in [0.15, 0.2) is 0 Å². The van der Waals surface area contributed by atoms with Crippen molar-refractivity contribution in [2.45, 2.75) is 31.9 Å². The first kappa shape index (κ1) is 9.44. The van der Waals surface area contributed by atoms with Gasteiger partial charge in [-0.3, -0.25) is 0 Å². The molecule has 3 heteroatoms. The van der Waals surface area contributed by atoms with E-state index in [2.05, 4.69) is 12.2 Å². The van der Waals surface area contributed by atoms with E-state index < -0.39 is 0 Å². The van der Waals surface area contributed by atoms with Crippen molar-refractivity contribution in [3.8, 4) is 0 Å². The standard InChI is InChI=1S/C10H19NO2/c1-2-11-10(8-3-4-8)7-13-9-5-12-6-9/h8-11H,2-7H2,1H3. The molecule has 1 N–H and O–H groups in total. The van der Waals surface area contributed by atoms with E-state index in [1.165, 1.54) is 12.8 Å². The molecule has 2 aliphatic rings.